The van der Waals surface area contributed by atoms with E-state index in [2.05, 4.69) is 26.3 Å². The van der Waals surface area contributed by atoms with E-state index in [-0.39, 0.29) is 0 Å². The van der Waals surface area contributed by atoms with Crippen LogP contribution in [0.25, 0.3) is 10.2 Å². The number of fused-ring (bicyclic) bond motifs is 1. The summed E-state index contributed by atoms with van der Waals surface area (Å²) in [6.45, 7) is 1.05. The fourth-order valence-corrected chi connectivity index (χ4v) is 3.33. The number of rotatable bonds is 2. The molecule has 3 heterocycles. The summed E-state index contributed by atoms with van der Waals surface area (Å²) in [5, 5.41) is 3.22. The summed E-state index contributed by atoms with van der Waals surface area (Å²) < 4.78 is 0. The van der Waals surface area contributed by atoms with E-state index in [0.717, 1.165) is 22.6 Å². The van der Waals surface area contributed by atoms with Gasteiger partial charge in [0, 0.05) is 18.5 Å². The van der Waals surface area contributed by atoms with Gasteiger partial charge in [0.2, 0.25) is 0 Å². The number of hydrogen-bond donors (Lipinski definition) is 0. The van der Waals surface area contributed by atoms with Crippen molar-refractivity contribution in [3.63, 3.8) is 0 Å². The lowest BCUT2D eigenvalue weighted by Gasteiger charge is -2.24. The molecular weight excluding hydrogens is 242 g/mol. The van der Waals surface area contributed by atoms with Crippen LogP contribution in [0.2, 0.25) is 0 Å². The number of aromatic nitrogens is 2. The standard InChI is InChI=1S/C11H12ClN3S/c12-6-8-2-1-4-15(8)10-9-3-5-16-11(9)14-7-13-10/h3,5,7-8H,1-2,4,6H2. The van der Waals surface area contributed by atoms with E-state index in [4.69, 9.17) is 11.6 Å². The summed E-state index contributed by atoms with van der Waals surface area (Å²) >= 11 is 7.65. The summed E-state index contributed by atoms with van der Waals surface area (Å²) in [5.74, 6) is 1.73. The Morgan fingerprint density at radius 1 is 1.50 bits per heavy atom. The number of alkyl halides is 1. The summed E-state index contributed by atoms with van der Waals surface area (Å²) in [7, 11) is 0. The molecule has 1 unspecified atom stereocenters. The van der Waals surface area contributed by atoms with E-state index in [9.17, 15) is 0 Å². The van der Waals surface area contributed by atoms with Crippen LogP contribution in [-0.4, -0.2) is 28.4 Å². The van der Waals surface area contributed by atoms with E-state index < -0.39 is 0 Å². The van der Waals surface area contributed by atoms with Crippen LogP contribution in [0.1, 0.15) is 12.8 Å². The molecule has 1 atom stereocenters. The van der Waals surface area contributed by atoms with Gasteiger partial charge in [0.25, 0.3) is 0 Å². The van der Waals surface area contributed by atoms with Gasteiger partial charge >= 0.3 is 0 Å². The highest BCUT2D eigenvalue weighted by molar-refractivity contribution is 7.16. The Morgan fingerprint density at radius 2 is 2.44 bits per heavy atom. The van der Waals surface area contributed by atoms with Gasteiger partial charge in [-0.25, -0.2) is 9.97 Å². The molecule has 16 heavy (non-hydrogen) atoms. The van der Waals surface area contributed by atoms with Gasteiger partial charge in [0.05, 0.1) is 5.39 Å². The lowest BCUT2D eigenvalue weighted by molar-refractivity contribution is 0.735. The molecule has 0 N–H and O–H groups in total. The summed E-state index contributed by atoms with van der Waals surface area (Å²) in [4.78, 5) is 12.1. The smallest absolute Gasteiger partial charge is 0.141 e. The maximum atomic E-state index is 6.00. The fraction of sp³-hybridized carbons (Fsp3) is 0.455. The molecule has 2 aromatic heterocycles. The number of nitrogens with zero attached hydrogens (tertiary/aromatic N) is 3. The second kappa shape index (κ2) is 4.18. The highest BCUT2D eigenvalue weighted by atomic mass is 35.5. The first-order valence-corrected chi connectivity index (χ1v) is 6.82. The molecule has 1 aliphatic heterocycles. The zero-order valence-corrected chi connectivity index (χ0v) is 10.3. The number of anilines is 1. The van der Waals surface area contributed by atoms with Crippen LogP contribution in [0.4, 0.5) is 5.82 Å². The Hall–Kier alpha value is -0.870. The Kier molecular flexibility index (Phi) is 2.69. The molecule has 84 valence electrons. The van der Waals surface area contributed by atoms with Crippen LogP contribution in [0.3, 0.4) is 0 Å². The Bertz CT molecular complexity index is 499. The third-order valence-electron chi connectivity index (χ3n) is 3.07. The SMILES string of the molecule is ClCC1CCCN1c1ncnc2sccc12. The third kappa shape index (κ3) is 1.57. The van der Waals surface area contributed by atoms with E-state index >= 15 is 0 Å². The van der Waals surface area contributed by atoms with Gasteiger partial charge < -0.3 is 4.90 Å². The average Bonchev–Trinajstić information content (AvgIpc) is 2.96. The van der Waals surface area contributed by atoms with E-state index in [1.54, 1.807) is 17.7 Å². The van der Waals surface area contributed by atoms with Gasteiger partial charge in [-0.15, -0.1) is 22.9 Å². The number of hydrogen-bond acceptors (Lipinski definition) is 4. The molecule has 0 radical (unpaired) electrons. The van der Waals surface area contributed by atoms with Crippen molar-refractivity contribution in [1.82, 2.24) is 9.97 Å². The van der Waals surface area contributed by atoms with Crippen LogP contribution in [0.15, 0.2) is 17.8 Å². The molecule has 3 rings (SSSR count). The highest BCUT2D eigenvalue weighted by Crippen LogP contribution is 2.31. The predicted octanol–water partition coefficient (Wildman–Crippen LogP) is 2.90. The first-order chi connectivity index (χ1) is 7.90. The molecule has 2 aromatic rings. The van der Waals surface area contributed by atoms with Crippen molar-refractivity contribution in [3.8, 4) is 0 Å². The summed E-state index contributed by atoms with van der Waals surface area (Å²) in [5.41, 5.74) is 0. The molecule has 0 bridgehead atoms. The molecule has 1 fully saturated rings. The lowest BCUT2D eigenvalue weighted by atomic mass is 10.2. The Labute approximate surface area is 103 Å². The predicted molar refractivity (Wildman–Crippen MR) is 68.5 cm³/mol. The molecule has 3 nitrogen and oxygen atoms in total. The molecule has 1 aliphatic rings. The minimum atomic E-state index is 0.430. The summed E-state index contributed by atoms with van der Waals surface area (Å²) in [6, 6.07) is 2.53. The lowest BCUT2D eigenvalue weighted by Crippen LogP contribution is -2.31. The van der Waals surface area contributed by atoms with Crippen molar-refractivity contribution in [3.05, 3.63) is 17.8 Å². The van der Waals surface area contributed by atoms with Gasteiger partial charge in [-0.1, -0.05) is 0 Å². The topological polar surface area (TPSA) is 29.0 Å². The van der Waals surface area contributed by atoms with Gasteiger partial charge in [-0.2, -0.15) is 0 Å². The average molecular weight is 254 g/mol. The minimum absolute atomic E-state index is 0.430. The van der Waals surface area contributed by atoms with Crippen molar-refractivity contribution >= 4 is 39.0 Å². The van der Waals surface area contributed by atoms with Crippen molar-refractivity contribution in [2.75, 3.05) is 17.3 Å². The van der Waals surface area contributed by atoms with Crippen LogP contribution >= 0.6 is 22.9 Å². The molecule has 0 aliphatic carbocycles. The monoisotopic (exact) mass is 253 g/mol. The first-order valence-electron chi connectivity index (χ1n) is 5.41. The molecule has 0 spiro atoms. The zero-order valence-electron chi connectivity index (χ0n) is 8.77. The molecule has 1 saturated heterocycles. The maximum absolute atomic E-state index is 6.00. The summed E-state index contributed by atoms with van der Waals surface area (Å²) in [6.07, 6.45) is 4.02. The number of halogens is 1. The van der Waals surface area contributed by atoms with Crippen molar-refractivity contribution in [1.29, 1.82) is 0 Å². The van der Waals surface area contributed by atoms with Crippen LogP contribution in [-0.2, 0) is 0 Å². The third-order valence-corrected chi connectivity index (χ3v) is 4.24. The fourth-order valence-electron chi connectivity index (χ4n) is 2.28. The first kappa shape index (κ1) is 10.3. The molecule has 0 saturated carbocycles. The molecule has 0 aromatic carbocycles. The van der Waals surface area contributed by atoms with E-state index in [0.29, 0.717) is 11.9 Å². The van der Waals surface area contributed by atoms with Crippen LogP contribution < -0.4 is 4.90 Å². The molecular formula is C11H12ClN3S. The van der Waals surface area contributed by atoms with Crippen molar-refractivity contribution in [2.24, 2.45) is 0 Å². The van der Waals surface area contributed by atoms with Crippen molar-refractivity contribution in [2.45, 2.75) is 18.9 Å². The van der Waals surface area contributed by atoms with Gasteiger partial charge in [0.1, 0.15) is 17.0 Å². The quantitative estimate of drug-likeness (QED) is 0.771. The van der Waals surface area contributed by atoms with Crippen LogP contribution in [0, 0.1) is 0 Å². The Morgan fingerprint density at radius 3 is 3.31 bits per heavy atom. The largest absolute Gasteiger partial charge is 0.352 e. The maximum Gasteiger partial charge on any atom is 0.141 e. The molecule has 5 heteroatoms. The highest BCUT2D eigenvalue weighted by Gasteiger charge is 2.26. The Balaban J connectivity index is 2.07. The minimum Gasteiger partial charge on any atom is -0.352 e. The second-order valence-corrected chi connectivity index (χ2v) is 5.18. The van der Waals surface area contributed by atoms with E-state index in [1.165, 1.54) is 12.8 Å². The van der Waals surface area contributed by atoms with Gasteiger partial charge in [0.15, 0.2) is 0 Å². The van der Waals surface area contributed by atoms with Crippen LogP contribution in [0.5, 0.6) is 0 Å². The van der Waals surface area contributed by atoms with Gasteiger partial charge in [-0.05, 0) is 24.3 Å². The van der Waals surface area contributed by atoms with Crippen molar-refractivity contribution < 1.29 is 0 Å². The second-order valence-electron chi connectivity index (χ2n) is 3.98. The zero-order chi connectivity index (χ0) is 11.0. The van der Waals surface area contributed by atoms with Gasteiger partial charge in [-0.3, -0.25) is 0 Å². The van der Waals surface area contributed by atoms with E-state index in [1.807, 2.05) is 0 Å². The normalized spacial score (nSPS) is 20.8. The molecule has 0 amide bonds. The number of thiophene rings is 1.